The monoisotopic (exact) mass is 271 g/mol. The third-order valence-corrected chi connectivity index (χ3v) is 2.28. The van der Waals surface area contributed by atoms with Crippen LogP contribution in [0.15, 0.2) is 36.8 Å². The van der Waals surface area contributed by atoms with E-state index in [1.807, 2.05) is 18.5 Å². The molecule has 0 bridgehead atoms. The molecule has 2 aromatic rings. The molecule has 2 heterocycles. The smallest absolute Gasteiger partial charge is 0.422 e. The van der Waals surface area contributed by atoms with E-state index < -0.39 is 12.8 Å². The van der Waals surface area contributed by atoms with E-state index in [4.69, 9.17) is 0 Å². The number of ether oxygens (including phenoxy) is 1. The van der Waals surface area contributed by atoms with Crippen molar-refractivity contribution in [3.05, 3.63) is 42.4 Å². The Morgan fingerprint density at radius 3 is 2.68 bits per heavy atom. The van der Waals surface area contributed by atoms with Crippen LogP contribution in [0, 0.1) is 0 Å². The highest BCUT2D eigenvalue weighted by Crippen LogP contribution is 2.18. The number of halogens is 3. The van der Waals surface area contributed by atoms with E-state index in [1.54, 1.807) is 6.07 Å². The van der Waals surface area contributed by atoms with Crippen molar-refractivity contribution in [2.24, 2.45) is 0 Å². The first-order valence-corrected chi connectivity index (χ1v) is 5.54. The predicted molar refractivity (Wildman–Crippen MR) is 63.9 cm³/mol. The summed E-state index contributed by atoms with van der Waals surface area (Å²) in [6.45, 7) is -0.732. The molecular formula is C12H12F3N3O. The second-order valence-electron chi connectivity index (χ2n) is 3.86. The number of pyridine rings is 1. The Kier molecular flexibility index (Phi) is 3.94. The van der Waals surface area contributed by atoms with E-state index in [9.17, 15) is 13.2 Å². The van der Waals surface area contributed by atoms with Crippen LogP contribution in [0.3, 0.4) is 0 Å². The van der Waals surface area contributed by atoms with Crippen molar-refractivity contribution in [1.29, 1.82) is 0 Å². The van der Waals surface area contributed by atoms with E-state index in [0.717, 1.165) is 5.56 Å². The van der Waals surface area contributed by atoms with Crippen LogP contribution in [0.25, 0.3) is 0 Å². The maximum atomic E-state index is 11.9. The summed E-state index contributed by atoms with van der Waals surface area (Å²) in [7, 11) is 0. The Labute approximate surface area is 107 Å². The number of H-pyrrole nitrogens is 1. The number of hydrogen-bond donors (Lipinski definition) is 2. The molecule has 0 aliphatic carbocycles. The highest BCUT2D eigenvalue weighted by atomic mass is 19.4. The number of nitrogens with one attached hydrogen (secondary N) is 2. The summed E-state index contributed by atoms with van der Waals surface area (Å²) in [6, 6.07) is 4.93. The third-order valence-electron chi connectivity index (χ3n) is 2.28. The van der Waals surface area contributed by atoms with Gasteiger partial charge in [0.1, 0.15) is 0 Å². The van der Waals surface area contributed by atoms with E-state index >= 15 is 0 Å². The van der Waals surface area contributed by atoms with Gasteiger partial charge in [-0.05, 0) is 17.7 Å². The number of hydrogen-bond acceptors (Lipinski definition) is 3. The van der Waals surface area contributed by atoms with Crippen LogP contribution in [0.5, 0.6) is 5.88 Å². The zero-order valence-corrected chi connectivity index (χ0v) is 9.87. The molecule has 0 atom stereocenters. The molecule has 2 N–H and O–H groups in total. The largest absolute Gasteiger partial charge is 0.468 e. The molecule has 0 radical (unpaired) electrons. The fraction of sp³-hybridized carbons (Fsp3) is 0.250. The second kappa shape index (κ2) is 5.64. The molecule has 102 valence electrons. The van der Waals surface area contributed by atoms with Crippen LogP contribution in [-0.2, 0) is 6.54 Å². The standard InChI is InChI=1S/C12H12F3N3O/c13-12(14,15)8-19-11-2-1-10(7-18-11)17-6-9-3-4-16-5-9/h1-5,7,16-17H,6,8H2. The average molecular weight is 271 g/mol. The summed E-state index contributed by atoms with van der Waals surface area (Å²) >= 11 is 0. The summed E-state index contributed by atoms with van der Waals surface area (Å²) in [6.07, 6.45) is 0.732. The minimum absolute atomic E-state index is 0.0514. The van der Waals surface area contributed by atoms with Gasteiger partial charge in [0.05, 0.1) is 11.9 Å². The van der Waals surface area contributed by atoms with Crippen molar-refractivity contribution in [3.8, 4) is 5.88 Å². The van der Waals surface area contributed by atoms with E-state index in [0.29, 0.717) is 12.2 Å². The zero-order valence-electron chi connectivity index (χ0n) is 9.87. The van der Waals surface area contributed by atoms with Gasteiger partial charge in [-0.15, -0.1) is 0 Å². The quantitative estimate of drug-likeness (QED) is 0.879. The van der Waals surface area contributed by atoms with Crippen LogP contribution in [0.1, 0.15) is 5.56 Å². The first-order valence-electron chi connectivity index (χ1n) is 5.54. The van der Waals surface area contributed by atoms with Crippen molar-refractivity contribution in [2.75, 3.05) is 11.9 Å². The Bertz CT molecular complexity index is 494. The van der Waals surface area contributed by atoms with Crippen LogP contribution in [0.4, 0.5) is 18.9 Å². The van der Waals surface area contributed by atoms with Gasteiger partial charge in [0.15, 0.2) is 6.61 Å². The van der Waals surface area contributed by atoms with Crippen molar-refractivity contribution >= 4 is 5.69 Å². The van der Waals surface area contributed by atoms with Crippen LogP contribution in [0.2, 0.25) is 0 Å². The van der Waals surface area contributed by atoms with Gasteiger partial charge >= 0.3 is 6.18 Å². The Morgan fingerprint density at radius 2 is 2.11 bits per heavy atom. The molecule has 2 aromatic heterocycles. The SMILES string of the molecule is FC(F)(F)COc1ccc(NCc2cc[nH]c2)cn1. The Balaban J connectivity index is 1.84. The molecule has 0 spiro atoms. The third kappa shape index (κ3) is 4.53. The van der Waals surface area contributed by atoms with Crippen molar-refractivity contribution in [2.45, 2.75) is 12.7 Å². The Hall–Kier alpha value is -2.18. The van der Waals surface area contributed by atoms with Gasteiger partial charge in [0.25, 0.3) is 0 Å². The molecule has 0 aromatic carbocycles. The fourth-order valence-corrected chi connectivity index (χ4v) is 1.40. The highest BCUT2D eigenvalue weighted by Gasteiger charge is 2.28. The maximum Gasteiger partial charge on any atom is 0.422 e. The summed E-state index contributed by atoms with van der Waals surface area (Å²) in [4.78, 5) is 6.71. The lowest BCUT2D eigenvalue weighted by Gasteiger charge is -2.09. The van der Waals surface area contributed by atoms with Crippen LogP contribution in [-0.4, -0.2) is 22.8 Å². The minimum atomic E-state index is -4.35. The van der Waals surface area contributed by atoms with Crippen molar-refractivity contribution in [3.63, 3.8) is 0 Å². The first-order chi connectivity index (χ1) is 9.03. The lowest BCUT2D eigenvalue weighted by Crippen LogP contribution is -2.19. The van der Waals surface area contributed by atoms with Gasteiger partial charge in [-0.1, -0.05) is 0 Å². The number of rotatable bonds is 5. The predicted octanol–water partition coefficient (Wildman–Crippen LogP) is 2.96. The minimum Gasteiger partial charge on any atom is -0.468 e. The molecule has 0 unspecified atom stereocenters. The lowest BCUT2D eigenvalue weighted by atomic mass is 10.3. The molecule has 0 aliphatic heterocycles. The molecule has 4 nitrogen and oxygen atoms in total. The van der Waals surface area contributed by atoms with Crippen molar-refractivity contribution in [1.82, 2.24) is 9.97 Å². The first kappa shape index (κ1) is 13.3. The molecule has 0 fully saturated rings. The molecule has 2 rings (SSSR count). The second-order valence-corrected chi connectivity index (χ2v) is 3.86. The van der Waals surface area contributed by atoms with Crippen LogP contribution < -0.4 is 10.1 Å². The molecule has 0 saturated heterocycles. The summed E-state index contributed by atoms with van der Waals surface area (Å²) in [5.41, 5.74) is 1.78. The molecule has 0 saturated carbocycles. The lowest BCUT2D eigenvalue weighted by molar-refractivity contribution is -0.154. The summed E-state index contributed by atoms with van der Waals surface area (Å²) in [5.74, 6) is -0.0514. The zero-order chi connectivity index (χ0) is 13.7. The van der Waals surface area contributed by atoms with E-state index in [2.05, 4.69) is 20.0 Å². The molecule has 0 aliphatic rings. The topological polar surface area (TPSA) is 49.9 Å². The fourth-order valence-electron chi connectivity index (χ4n) is 1.40. The number of aromatic amines is 1. The normalized spacial score (nSPS) is 11.3. The average Bonchev–Trinajstić information content (AvgIpc) is 2.87. The molecular weight excluding hydrogens is 259 g/mol. The van der Waals surface area contributed by atoms with E-state index in [-0.39, 0.29) is 5.88 Å². The maximum absolute atomic E-state index is 11.9. The van der Waals surface area contributed by atoms with Gasteiger partial charge in [0.2, 0.25) is 5.88 Å². The Morgan fingerprint density at radius 1 is 1.26 bits per heavy atom. The van der Waals surface area contributed by atoms with E-state index in [1.165, 1.54) is 12.3 Å². The highest BCUT2D eigenvalue weighted by molar-refractivity contribution is 5.42. The van der Waals surface area contributed by atoms with Gasteiger partial charge < -0.3 is 15.0 Å². The van der Waals surface area contributed by atoms with Gasteiger partial charge in [-0.25, -0.2) is 4.98 Å². The van der Waals surface area contributed by atoms with Gasteiger partial charge in [-0.2, -0.15) is 13.2 Å². The number of alkyl halides is 3. The number of nitrogens with zero attached hydrogens (tertiary/aromatic N) is 1. The van der Waals surface area contributed by atoms with Crippen LogP contribution >= 0.6 is 0 Å². The van der Waals surface area contributed by atoms with Gasteiger partial charge in [-0.3, -0.25) is 0 Å². The molecule has 0 amide bonds. The number of anilines is 1. The number of aromatic nitrogens is 2. The van der Waals surface area contributed by atoms with Crippen molar-refractivity contribution < 1.29 is 17.9 Å². The molecule has 19 heavy (non-hydrogen) atoms. The summed E-state index contributed by atoms with van der Waals surface area (Å²) in [5, 5.41) is 3.09. The van der Waals surface area contributed by atoms with Gasteiger partial charge in [0, 0.05) is 25.0 Å². The summed E-state index contributed by atoms with van der Waals surface area (Å²) < 4.78 is 40.3. The molecule has 7 heteroatoms.